The predicted octanol–water partition coefficient (Wildman–Crippen LogP) is 5.69. The quantitative estimate of drug-likeness (QED) is 0.466. The summed E-state index contributed by atoms with van der Waals surface area (Å²) in [7, 11) is 0. The smallest absolute Gasteiger partial charge is 0.337 e. The highest BCUT2D eigenvalue weighted by atomic mass is 16.5. The second-order valence-corrected chi connectivity index (χ2v) is 6.59. The maximum Gasteiger partial charge on any atom is 0.337 e. The zero-order valence-electron chi connectivity index (χ0n) is 15.7. The van der Waals surface area contributed by atoms with Gasteiger partial charge in [-0.25, -0.2) is 4.79 Å². The fourth-order valence-corrected chi connectivity index (χ4v) is 3.24. The van der Waals surface area contributed by atoms with Crippen molar-refractivity contribution in [3.63, 3.8) is 0 Å². The van der Waals surface area contributed by atoms with Crippen molar-refractivity contribution in [1.29, 1.82) is 0 Å². The number of carboxylic acid groups (broad SMARTS) is 1. The van der Waals surface area contributed by atoms with Crippen LogP contribution in [0.3, 0.4) is 0 Å². The molecule has 4 nitrogen and oxygen atoms in total. The summed E-state index contributed by atoms with van der Waals surface area (Å²) in [5.41, 5.74) is 4.70. The number of pyridine rings is 1. The number of rotatable bonds is 6. The number of hydrogen-bond donors (Lipinski definition) is 1. The van der Waals surface area contributed by atoms with Crippen LogP contribution in [0.5, 0.6) is 5.75 Å². The molecule has 142 valence electrons. The summed E-state index contributed by atoms with van der Waals surface area (Å²) in [6.07, 6.45) is 3.02. The van der Waals surface area contributed by atoms with Crippen molar-refractivity contribution in [3.05, 3.63) is 108 Å². The molecule has 1 N–H and O–H groups in total. The summed E-state index contributed by atoms with van der Waals surface area (Å²) < 4.78 is 6.16. The Labute approximate surface area is 169 Å². The summed E-state index contributed by atoms with van der Waals surface area (Å²) in [4.78, 5) is 15.6. The molecule has 0 unspecified atom stereocenters. The van der Waals surface area contributed by atoms with Gasteiger partial charge in [-0.2, -0.15) is 0 Å². The fourth-order valence-electron chi connectivity index (χ4n) is 3.24. The largest absolute Gasteiger partial charge is 0.488 e. The van der Waals surface area contributed by atoms with Crippen molar-refractivity contribution in [2.75, 3.05) is 0 Å². The van der Waals surface area contributed by atoms with Gasteiger partial charge in [0.2, 0.25) is 0 Å². The maximum atomic E-state index is 11.5. The van der Waals surface area contributed by atoms with Crippen molar-refractivity contribution >= 4 is 5.97 Å². The Morgan fingerprint density at radius 3 is 2.28 bits per heavy atom. The van der Waals surface area contributed by atoms with E-state index in [1.54, 1.807) is 12.3 Å². The van der Waals surface area contributed by atoms with Gasteiger partial charge in [0.05, 0.1) is 5.56 Å². The molecule has 0 aliphatic carbocycles. The van der Waals surface area contributed by atoms with Gasteiger partial charge in [-0.15, -0.1) is 0 Å². The lowest BCUT2D eigenvalue weighted by Crippen LogP contribution is -2.00. The highest BCUT2D eigenvalue weighted by molar-refractivity contribution is 5.92. The fraction of sp³-hybridized carbons (Fsp3) is 0.0400. The first kappa shape index (κ1) is 18.4. The lowest BCUT2D eigenvalue weighted by molar-refractivity contribution is 0.0696. The van der Waals surface area contributed by atoms with Crippen molar-refractivity contribution in [3.8, 4) is 28.0 Å². The Balaban J connectivity index is 1.83. The molecule has 0 aliphatic rings. The highest BCUT2D eigenvalue weighted by Crippen LogP contribution is 2.39. The highest BCUT2D eigenvalue weighted by Gasteiger charge is 2.16. The van der Waals surface area contributed by atoms with E-state index in [-0.39, 0.29) is 5.56 Å². The molecule has 3 aromatic carbocycles. The van der Waals surface area contributed by atoms with Crippen LogP contribution in [-0.2, 0) is 6.61 Å². The molecule has 0 bridgehead atoms. The molecular weight excluding hydrogens is 362 g/mol. The second kappa shape index (κ2) is 8.40. The normalized spacial score (nSPS) is 10.5. The van der Waals surface area contributed by atoms with E-state index >= 15 is 0 Å². The van der Waals surface area contributed by atoms with Gasteiger partial charge in [-0.1, -0.05) is 72.8 Å². The van der Waals surface area contributed by atoms with E-state index in [0.717, 1.165) is 22.3 Å². The van der Waals surface area contributed by atoms with E-state index < -0.39 is 5.97 Å². The summed E-state index contributed by atoms with van der Waals surface area (Å²) >= 11 is 0. The number of aromatic nitrogens is 1. The van der Waals surface area contributed by atoms with E-state index in [1.807, 2.05) is 78.9 Å². The van der Waals surface area contributed by atoms with Crippen LogP contribution in [0.4, 0.5) is 0 Å². The van der Waals surface area contributed by atoms with E-state index in [9.17, 15) is 9.90 Å². The van der Waals surface area contributed by atoms with Gasteiger partial charge < -0.3 is 9.84 Å². The van der Waals surface area contributed by atoms with Gasteiger partial charge in [0.15, 0.2) is 0 Å². The molecule has 1 heterocycles. The van der Waals surface area contributed by atoms with Gasteiger partial charge in [-0.3, -0.25) is 4.98 Å². The summed E-state index contributed by atoms with van der Waals surface area (Å²) in [5.74, 6) is -0.331. The number of aromatic carboxylic acids is 1. The number of ether oxygens (including phenoxy) is 1. The Kier molecular flexibility index (Phi) is 5.34. The summed E-state index contributed by atoms with van der Waals surface area (Å²) in [6, 6.07) is 27.4. The van der Waals surface area contributed by atoms with Gasteiger partial charge in [-0.05, 0) is 28.8 Å². The standard InChI is InChI=1S/C25H19NO3/c27-25(28)21-14-20(15-26-16-21)24-22(19-10-5-2-6-11-19)12-7-13-23(24)29-17-18-8-3-1-4-9-18/h1-16H,17H2,(H,27,28). The number of hydrogen-bond acceptors (Lipinski definition) is 3. The Hall–Kier alpha value is -3.92. The first-order valence-electron chi connectivity index (χ1n) is 9.26. The molecule has 4 rings (SSSR count). The zero-order valence-corrected chi connectivity index (χ0v) is 15.7. The van der Waals surface area contributed by atoms with Crippen LogP contribution in [0.25, 0.3) is 22.3 Å². The monoisotopic (exact) mass is 381 g/mol. The van der Waals surface area contributed by atoms with Gasteiger partial charge in [0.25, 0.3) is 0 Å². The Morgan fingerprint density at radius 1 is 0.828 bits per heavy atom. The van der Waals surface area contributed by atoms with Gasteiger partial charge >= 0.3 is 5.97 Å². The molecule has 29 heavy (non-hydrogen) atoms. The first-order chi connectivity index (χ1) is 14.2. The van der Waals surface area contributed by atoms with E-state index in [0.29, 0.717) is 17.9 Å². The topological polar surface area (TPSA) is 59.4 Å². The molecule has 0 saturated carbocycles. The predicted molar refractivity (Wildman–Crippen MR) is 113 cm³/mol. The van der Waals surface area contributed by atoms with Gasteiger partial charge in [0, 0.05) is 23.5 Å². The molecular formula is C25H19NO3. The van der Waals surface area contributed by atoms with Crippen LogP contribution >= 0.6 is 0 Å². The minimum atomic E-state index is -1.01. The first-order valence-corrected chi connectivity index (χ1v) is 9.26. The van der Waals surface area contributed by atoms with Crippen LogP contribution in [0.1, 0.15) is 15.9 Å². The number of carbonyl (C=O) groups is 1. The minimum absolute atomic E-state index is 0.138. The van der Waals surface area contributed by atoms with Crippen molar-refractivity contribution < 1.29 is 14.6 Å². The van der Waals surface area contributed by atoms with Crippen LogP contribution in [0.2, 0.25) is 0 Å². The molecule has 0 radical (unpaired) electrons. The summed E-state index contributed by atoms with van der Waals surface area (Å²) in [6.45, 7) is 0.415. The Morgan fingerprint density at radius 2 is 1.55 bits per heavy atom. The average Bonchev–Trinajstić information content (AvgIpc) is 2.79. The molecule has 0 fully saturated rings. The third-order valence-corrected chi connectivity index (χ3v) is 4.62. The van der Waals surface area contributed by atoms with E-state index in [1.165, 1.54) is 6.20 Å². The number of benzene rings is 3. The van der Waals surface area contributed by atoms with Crippen LogP contribution < -0.4 is 4.74 Å². The van der Waals surface area contributed by atoms with Crippen molar-refractivity contribution in [1.82, 2.24) is 4.98 Å². The van der Waals surface area contributed by atoms with E-state index in [4.69, 9.17) is 4.74 Å². The van der Waals surface area contributed by atoms with Crippen molar-refractivity contribution in [2.24, 2.45) is 0 Å². The average molecular weight is 381 g/mol. The number of nitrogens with zero attached hydrogens (tertiary/aromatic N) is 1. The number of carboxylic acids is 1. The minimum Gasteiger partial charge on any atom is -0.488 e. The second-order valence-electron chi connectivity index (χ2n) is 6.59. The third kappa shape index (κ3) is 4.17. The molecule has 1 aromatic heterocycles. The lowest BCUT2D eigenvalue weighted by Gasteiger charge is -2.16. The maximum absolute atomic E-state index is 11.5. The van der Waals surface area contributed by atoms with Crippen LogP contribution in [0.15, 0.2) is 97.3 Å². The molecule has 0 atom stereocenters. The van der Waals surface area contributed by atoms with Crippen molar-refractivity contribution in [2.45, 2.75) is 6.61 Å². The molecule has 4 heteroatoms. The lowest BCUT2D eigenvalue weighted by atomic mass is 9.94. The van der Waals surface area contributed by atoms with Crippen LogP contribution in [0, 0.1) is 0 Å². The molecule has 4 aromatic rings. The SMILES string of the molecule is O=C(O)c1cncc(-c2c(OCc3ccccc3)cccc2-c2ccccc2)c1. The van der Waals surface area contributed by atoms with E-state index in [2.05, 4.69) is 4.98 Å². The zero-order chi connectivity index (χ0) is 20.1. The van der Waals surface area contributed by atoms with Gasteiger partial charge in [0.1, 0.15) is 12.4 Å². The molecule has 0 amide bonds. The Bertz CT molecular complexity index is 1130. The molecule has 0 aliphatic heterocycles. The third-order valence-electron chi connectivity index (χ3n) is 4.62. The summed E-state index contributed by atoms with van der Waals surface area (Å²) in [5, 5.41) is 9.39. The molecule has 0 saturated heterocycles. The van der Waals surface area contributed by atoms with Crippen LogP contribution in [-0.4, -0.2) is 16.1 Å². The molecule has 0 spiro atoms.